The number of aliphatic hydroxyl groups is 1. The van der Waals surface area contributed by atoms with Gasteiger partial charge in [0, 0.05) is 6.42 Å². The van der Waals surface area contributed by atoms with Crippen LogP contribution in [0.5, 0.6) is 5.75 Å². The minimum Gasteiger partial charge on any atom is -0.508 e. The Morgan fingerprint density at radius 3 is 2.54 bits per heavy atom. The summed E-state index contributed by atoms with van der Waals surface area (Å²) < 4.78 is 6.58. The molecule has 13 heavy (non-hydrogen) atoms. The zero-order valence-corrected chi connectivity index (χ0v) is 6.80. The van der Waals surface area contributed by atoms with Crippen molar-refractivity contribution >= 4 is 5.97 Å². The van der Waals surface area contributed by atoms with E-state index >= 15 is 0 Å². The van der Waals surface area contributed by atoms with Gasteiger partial charge in [-0.2, -0.15) is 0 Å². The molecule has 0 spiro atoms. The van der Waals surface area contributed by atoms with E-state index in [0.29, 0.717) is 11.3 Å². The van der Waals surface area contributed by atoms with Gasteiger partial charge in [-0.3, -0.25) is 0 Å². The normalized spacial score (nSPS) is 13.2. The molecule has 3 N–H and O–H groups in total. The van der Waals surface area contributed by atoms with Gasteiger partial charge in [0.25, 0.3) is 1.43 Å². The Bertz CT molecular complexity index is 309. The molecule has 1 unspecified atom stereocenters. The van der Waals surface area contributed by atoms with Gasteiger partial charge in [-0.05, 0) is 17.7 Å². The number of aliphatic carboxylic acids is 1. The lowest BCUT2D eigenvalue weighted by Crippen LogP contribution is -2.21. The summed E-state index contributed by atoms with van der Waals surface area (Å²) in [5.74, 6) is -0.871. The maximum absolute atomic E-state index is 10.3. The van der Waals surface area contributed by atoms with Crippen LogP contribution >= 0.6 is 0 Å². The van der Waals surface area contributed by atoms with E-state index < -0.39 is 12.1 Å². The average Bonchev–Trinajstić information content (AvgIpc) is 2.19. The summed E-state index contributed by atoms with van der Waals surface area (Å²) in [6.45, 7) is 0. The number of benzene rings is 1. The number of carbonyl (C=O) groups is 1. The van der Waals surface area contributed by atoms with E-state index in [2.05, 4.69) is 5.11 Å². The van der Waals surface area contributed by atoms with Gasteiger partial charge in [0.05, 0.1) is 0 Å². The lowest BCUT2D eigenvalue weighted by atomic mass is 10.1. The molecule has 0 aliphatic carbocycles. The van der Waals surface area contributed by atoms with E-state index in [9.17, 15) is 4.79 Å². The van der Waals surface area contributed by atoms with Gasteiger partial charge in [-0.25, -0.2) is 4.79 Å². The minimum atomic E-state index is -1.39. The largest absolute Gasteiger partial charge is 0.508 e. The van der Waals surface area contributed by atoms with Crippen LogP contribution in [0, 0.1) is 0 Å². The van der Waals surface area contributed by atoms with Crippen LogP contribution in [0.25, 0.3) is 0 Å². The zero-order valence-electron chi connectivity index (χ0n) is 7.80. The van der Waals surface area contributed by atoms with Crippen LogP contribution in [0.1, 0.15) is 5.56 Å². The number of aliphatic hydroxyl groups excluding tert-OH is 1. The van der Waals surface area contributed by atoms with Crippen molar-refractivity contribution in [2.75, 3.05) is 0 Å². The molecule has 4 nitrogen and oxygen atoms in total. The van der Waals surface area contributed by atoms with E-state index in [-0.39, 0.29) is 6.42 Å². The third-order valence-electron chi connectivity index (χ3n) is 1.64. The van der Waals surface area contributed by atoms with Crippen molar-refractivity contribution in [3.05, 3.63) is 29.8 Å². The minimum absolute atomic E-state index is 0.0492. The Labute approximate surface area is 76.6 Å². The number of hydrogen-bond acceptors (Lipinski definition) is 3. The van der Waals surface area contributed by atoms with E-state index in [4.69, 9.17) is 11.6 Å². The second-order valence-corrected chi connectivity index (χ2v) is 2.70. The number of phenolic OH excluding ortho intramolecular Hbond substituents is 1. The maximum Gasteiger partial charge on any atom is 0.332 e. The SMILES string of the molecule is [2H]Oc1ccc(CC(O)C(=O)O)cc1. The van der Waals surface area contributed by atoms with Crippen molar-refractivity contribution in [2.45, 2.75) is 12.5 Å². The fourth-order valence-electron chi connectivity index (χ4n) is 0.936. The molecule has 0 aliphatic rings. The fourth-order valence-corrected chi connectivity index (χ4v) is 0.936. The Balaban J connectivity index is 2.64. The van der Waals surface area contributed by atoms with Crippen LogP contribution in [0.2, 0.25) is 0 Å². The third-order valence-corrected chi connectivity index (χ3v) is 1.64. The van der Waals surface area contributed by atoms with Crippen molar-refractivity contribution < 1.29 is 20.1 Å². The number of rotatable bonds is 4. The number of hydrogen-bond donors (Lipinski definition) is 3. The summed E-state index contributed by atoms with van der Waals surface area (Å²) in [5.41, 5.74) is 0.681. The smallest absolute Gasteiger partial charge is 0.332 e. The average molecular weight is 183 g/mol. The first kappa shape index (κ1) is 8.07. The lowest BCUT2D eigenvalue weighted by molar-refractivity contribution is -0.146. The van der Waals surface area contributed by atoms with Crippen molar-refractivity contribution in [3.63, 3.8) is 0 Å². The van der Waals surface area contributed by atoms with Gasteiger partial charge in [-0.15, -0.1) is 0 Å². The van der Waals surface area contributed by atoms with Crippen molar-refractivity contribution in [1.29, 1.82) is 1.43 Å². The molecule has 0 aliphatic heterocycles. The van der Waals surface area contributed by atoms with E-state index in [1.165, 1.54) is 12.1 Å². The van der Waals surface area contributed by atoms with Crippen LogP contribution in [0.3, 0.4) is 0 Å². The summed E-state index contributed by atoms with van der Waals surface area (Å²) in [7, 11) is 0. The molecule has 1 aromatic carbocycles. The highest BCUT2D eigenvalue weighted by atomic mass is 16.4. The molecule has 4 heteroatoms. The number of phenols is 1. The first-order valence-electron chi connectivity index (χ1n) is 4.17. The zero-order chi connectivity index (χ0) is 10.6. The van der Waals surface area contributed by atoms with Crippen LogP contribution in [0.15, 0.2) is 24.3 Å². The molecule has 0 amide bonds. The monoisotopic (exact) mass is 183 g/mol. The summed E-state index contributed by atoms with van der Waals surface area (Å²) in [6, 6.07) is 6.29. The van der Waals surface area contributed by atoms with Gasteiger partial charge in [0.2, 0.25) is 0 Å². The van der Waals surface area contributed by atoms with Gasteiger partial charge < -0.3 is 15.3 Å². The molecule has 0 saturated heterocycles. The summed E-state index contributed by atoms with van der Waals surface area (Å²) in [4.78, 5) is 10.3. The standard InChI is InChI=1S/C9H10O4/c10-7-3-1-6(2-4-7)5-8(11)9(12)13/h1-4,8,10-11H,5H2,(H,12,13)/i/hD. The molecule has 0 radical (unpaired) electrons. The highest BCUT2D eigenvalue weighted by molar-refractivity contribution is 5.72. The highest BCUT2D eigenvalue weighted by Gasteiger charge is 2.13. The molecule has 0 aromatic heterocycles. The second kappa shape index (κ2) is 3.91. The Kier molecular flexibility index (Phi) is 2.43. The van der Waals surface area contributed by atoms with Gasteiger partial charge in [0.1, 0.15) is 5.75 Å². The van der Waals surface area contributed by atoms with Crippen molar-refractivity contribution in [2.24, 2.45) is 0 Å². The molecule has 70 valence electrons. The molecule has 0 saturated carbocycles. The van der Waals surface area contributed by atoms with E-state index in [1.54, 1.807) is 12.1 Å². The molecule has 0 bridgehead atoms. The Hall–Kier alpha value is -1.55. The third kappa shape index (κ3) is 2.76. The van der Waals surface area contributed by atoms with Gasteiger partial charge >= 0.3 is 5.97 Å². The van der Waals surface area contributed by atoms with Crippen LogP contribution < -0.4 is 0 Å². The summed E-state index contributed by atoms with van der Waals surface area (Å²) in [6.07, 6.45) is -1.34. The topological polar surface area (TPSA) is 77.8 Å². The predicted octanol–water partition coefficient (Wildman–Crippen LogP) is 0.380. The lowest BCUT2D eigenvalue weighted by Gasteiger charge is -2.04. The molecule has 1 rings (SSSR count). The van der Waals surface area contributed by atoms with Crippen LogP contribution in [-0.2, 0) is 11.2 Å². The Morgan fingerprint density at radius 2 is 2.08 bits per heavy atom. The number of aromatic hydroxyl groups is 1. The highest BCUT2D eigenvalue weighted by Crippen LogP contribution is 2.11. The quantitative estimate of drug-likeness (QED) is 0.630. The van der Waals surface area contributed by atoms with Gasteiger partial charge in [0.15, 0.2) is 6.10 Å². The van der Waals surface area contributed by atoms with E-state index in [1.807, 2.05) is 0 Å². The number of carboxylic acids is 1. The molecule has 1 aromatic rings. The molecule has 0 heterocycles. The fraction of sp³-hybridized carbons (Fsp3) is 0.222. The van der Waals surface area contributed by atoms with Crippen molar-refractivity contribution in [1.82, 2.24) is 0 Å². The molecule has 0 fully saturated rings. The van der Waals surface area contributed by atoms with Crippen molar-refractivity contribution in [3.8, 4) is 5.75 Å². The summed E-state index contributed by atoms with van der Waals surface area (Å²) >= 11 is 0. The van der Waals surface area contributed by atoms with Gasteiger partial charge in [-0.1, -0.05) is 12.1 Å². The number of carboxylic acid groups (broad SMARTS) is 1. The first-order valence-corrected chi connectivity index (χ1v) is 3.76. The summed E-state index contributed by atoms with van der Waals surface area (Å²) in [5, 5.41) is 21.7. The maximum atomic E-state index is 10.3. The van der Waals surface area contributed by atoms with Crippen LogP contribution in [-0.4, -0.2) is 28.8 Å². The Morgan fingerprint density at radius 1 is 1.46 bits per heavy atom. The second-order valence-electron chi connectivity index (χ2n) is 2.70. The predicted molar refractivity (Wildman–Crippen MR) is 45.5 cm³/mol. The van der Waals surface area contributed by atoms with Crippen LogP contribution in [0.4, 0.5) is 0 Å². The molecular formula is C9H10O4. The first-order chi connectivity index (χ1) is 6.63. The molecular weight excluding hydrogens is 172 g/mol. The van der Waals surface area contributed by atoms with E-state index in [0.717, 1.165) is 0 Å². The molecule has 1 atom stereocenters.